The molecule has 0 heterocycles. The molecule has 37 heavy (non-hydrogen) atoms. The summed E-state index contributed by atoms with van der Waals surface area (Å²) in [6.45, 7) is 16.7. The van der Waals surface area contributed by atoms with Gasteiger partial charge in [0.05, 0.1) is 11.2 Å². The molecule has 0 unspecified atom stereocenters. The van der Waals surface area contributed by atoms with Gasteiger partial charge in [-0.1, -0.05) is 12.1 Å². The van der Waals surface area contributed by atoms with Crippen molar-refractivity contribution in [3.8, 4) is 0 Å². The van der Waals surface area contributed by atoms with E-state index in [-0.39, 0.29) is 35.5 Å². The Kier molecular flexibility index (Phi) is 13.3. The summed E-state index contributed by atoms with van der Waals surface area (Å²) in [6.07, 6.45) is 3.63. The van der Waals surface area contributed by atoms with Crippen LogP contribution in [0.15, 0.2) is 24.3 Å². The second-order valence-electron chi connectivity index (χ2n) is 11.4. The number of hydrogen-bond acceptors (Lipinski definition) is 6. The van der Waals surface area contributed by atoms with Crippen molar-refractivity contribution < 1.29 is 28.6 Å². The highest BCUT2D eigenvalue weighted by Gasteiger charge is 2.25. The molecule has 0 atom stereocenters. The predicted molar refractivity (Wildman–Crippen MR) is 146 cm³/mol. The van der Waals surface area contributed by atoms with Crippen LogP contribution >= 0.6 is 0 Å². The van der Waals surface area contributed by atoms with Gasteiger partial charge in [-0.05, 0) is 91.8 Å². The van der Waals surface area contributed by atoms with Gasteiger partial charge in [0.25, 0.3) is 0 Å². The first-order chi connectivity index (χ1) is 17.1. The van der Waals surface area contributed by atoms with E-state index in [4.69, 9.17) is 14.2 Å². The summed E-state index contributed by atoms with van der Waals surface area (Å²) >= 11 is 0. The Morgan fingerprint density at radius 2 is 1.43 bits per heavy atom. The molecule has 2 amide bonds. The molecule has 2 N–H and O–H groups in total. The maximum absolute atomic E-state index is 12.4. The molecule has 0 aliphatic heterocycles. The topological polar surface area (TPSA) is 103 Å². The fourth-order valence-corrected chi connectivity index (χ4v) is 3.80. The van der Waals surface area contributed by atoms with E-state index in [9.17, 15) is 14.4 Å². The minimum Gasteiger partial charge on any atom is -0.461 e. The Balaban J connectivity index is 2.34. The minimum absolute atomic E-state index is 0.0349. The third-order valence-electron chi connectivity index (χ3n) is 6.05. The van der Waals surface area contributed by atoms with Crippen LogP contribution in [0.1, 0.15) is 99.5 Å². The Hall–Kier alpha value is -2.45. The fraction of sp³-hybridized carbons (Fsp3) is 0.690. The molecule has 0 saturated heterocycles. The molecule has 0 fully saturated rings. The number of carbonyl (C=O) groups is 3. The number of ether oxygens (including phenoxy) is 3. The first-order valence-electron chi connectivity index (χ1n) is 13.2. The standard InChI is InChI=1S/C29H48N2O6/c1-9-36-28(5,6)17-10-11-26(34)31-27(3,4)19-20-37-29(7,8)18-16-25(33)30-24-14-12-23(13-15-24)21-35-22(2)32/h12-15H,9-11,16-21H2,1-8H3,(H,30,33)(H,31,34). The normalized spacial score (nSPS) is 12.2. The summed E-state index contributed by atoms with van der Waals surface area (Å²) in [7, 11) is 0. The van der Waals surface area contributed by atoms with Gasteiger partial charge in [-0.2, -0.15) is 0 Å². The van der Waals surface area contributed by atoms with Crippen LogP contribution < -0.4 is 10.6 Å². The maximum atomic E-state index is 12.4. The zero-order chi connectivity index (χ0) is 28.1. The van der Waals surface area contributed by atoms with Crippen molar-refractivity contribution in [2.75, 3.05) is 18.5 Å². The van der Waals surface area contributed by atoms with E-state index < -0.39 is 5.60 Å². The van der Waals surface area contributed by atoms with Crippen molar-refractivity contribution in [1.29, 1.82) is 0 Å². The van der Waals surface area contributed by atoms with Crippen LogP contribution in [0.4, 0.5) is 5.69 Å². The van der Waals surface area contributed by atoms with Gasteiger partial charge in [-0.25, -0.2) is 0 Å². The molecule has 0 spiro atoms. The molecule has 210 valence electrons. The van der Waals surface area contributed by atoms with Crippen molar-refractivity contribution >= 4 is 23.5 Å². The van der Waals surface area contributed by atoms with Gasteiger partial charge in [-0.15, -0.1) is 0 Å². The second-order valence-corrected chi connectivity index (χ2v) is 11.4. The minimum atomic E-state index is -0.476. The lowest BCUT2D eigenvalue weighted by atomic mass is 9.98. The molecule has 0 bridgehead atoms. The lowest BCUT2D eigenvalue weighted by molar-refractivity contribution is -0.142. The van der Waals surface area contributed by atoms with E-state index in [1.165, 1.54) is 6.92 Å². The number of amides is 2. The highest BCUT2D eigenvalue weighted by Crippen LogP contribution is 2.21. The summed E-state index contributed by atoms with van der Waals surface area (Å²) in [5.41, 5.74) is 0.469. The lowest BCUT2D eigenvalue weighted by Gasteiger charge is -2.30. The van der Waals surface area contributed by atoms with Gasteiger partial charge in [0.2, 0.25) is 11.8 Å². The Bertz CT molecular complexity index is 862. The number of esters is 1. The molecule has 1 aromatic rings. The number of nitrogens with one attached hydrogen (secondary N) is 2. The molecule has 0 saturated carbocycles. The van der Waals surface area contributed by atoms with Crippen molar-refractivity contribution in [2.45, 2.75) is 117 Å². The molecule has 1 rings (SSSR count). The molecule has 0 radical (unpaired) electrons. The van der Waals surface area contributed by atoms with Gasteiger partial charge in [0.1, 0.15) is 6.61 Å². The van der Waals surface area contributed by atoms with E-state index in [2.05, 4.69) is 10.6 Å². The third-order valence-corrected chi connectivity index (χ3v) is 6.05. The van der Waals surface area contributed by atoms with Crippen molar-refractivity contribution in [3.63, 3.8) is 0 Å². The maximum Gasteiger partial charge on any atom is 0.302 e. The van der Waals surface area contributed by atoms with Crippen LogP contribution in [-0.2, 0) is 35.2 Å². The van der Waals surface area contributed by atoms with Crippen LogP contribution in [0.25, 0.3) is 0 Å². The van der Waals surface area contributed by atoms with Crippen molar-refractivity contribution in [3.05, 3.63) is 29.8 Å². The zero-order valence-electron chi connectivity index (χ0n) is 24.1. The third kappa shape index (κ3) is 15.4. The molecular formula is C29H48N2O6. The summed E-state index contributed by atoms with van der Waals surface area (Å²) < 4.78 is 16.7. The Morgan fingerprint density at radius 3 is 2.03 bits per heavy atom. The van der Waals surface area contributed by atoms with Gasteiger partial charge in [0.15, 0.2) is 0 Å². The summed E-state index contributed by atoms with van der Waals surface area (Å²) in [5, 5.41) is 5.99. The first-order valence-corrected chi connectivity index (χ1v) is 13.2. The molecule has 0 aliphatic rings. The van der Waals surface area contributed by atoms with Crippen molar-refractivity contribution in [2.24, 2.45) is 0 Å². The molecule has 8 heteroatoms. The molecule has 8 nitrogen and oxygen atoms in total. The molecule has 0 aliphatic carbocycles. The Labute approximate surface area is 223 Å². The summed E-state index contributed by atoms with van der Waals surface area (Å²) in [6, 6.07) is 7.20. The van der Waals surface area contributed by atoms with Crippen molar-refractivity contribution in [1.82, 2.24) is 5.32 Å². The second kappa shape index (κ2) is 15.1. The van der Waals surface area contributed by atoms with Gasteiger partial charge < -0.3 is 24.8 Å². The van der Waals surface area contributed by atoms with Crippen LogP contribution in [0.2, 0.25) is 0 Å². The zero-order valence-corrected chi connectivity index (χ0v) is 24.1. The SMILES string of the molecule is CCOC(C)(C)CCCC(=O)NC(C)(C)CCOC(C)(C)CCC(=O)Nc1ccc(COC(C)=O)cc1. The highest BCUT2D eigenvalue weighted by molar-refractivity contribution is 5.90. The number of benzene rings is 1. The van der Waals surface area contributed by atoms with Crippen LogP contribution in [0, 0.1) is 0 Å². The largest absolute Gasteiger partial charge is 0.461 e. The average molecular weight is 521 g/mol. The van der Waals surface area contributed by atoms with E-state index in [0.717, 1.165) is 18.4 Å². The number of anilines is 1. The summed E-state index contributed by atoms with van der Waals surface area (Å²) in [5.74, 6) is -0.388. The smallest absolute Gasteiger partial charge is 0.302 e. The van der Waals surface area contributed by atoms with Gasteiger partial charge >= 0.3 is 5.97 Å². The monoisotopic (exact) mass is 520 g/mol. The van der Waals surface area contributed by atoms with Crippen LogP contribution in [-0.4, -0.2) is 47.7 Å². The molecule has 1 aromatic carbocycles. The number of carbonyl (C=O) groups excluding carboxylic acids is 3. The predicted octanol–water partition coefficient (Wildman–Crippen LogP) is 5.53. The van der Waals surface area contributed by atoms with Gasteiger partial charge in [-0.3, -0.25) is 14.4 Å². The number of rotatable bonds is 17. The Morgan fingerprint density at radius 1 is 0.811 bits per heavy atom. The van der Waals surface area contributed by atoms with E-state index in [0.29, 0.717) is 44.6 Å². The van der Waals surface area contributed by atoms with E-state index in [1.807, 2.05) is 60.6 Å². The molecule has 0 aromatic heterocycles. The summed E-state index contributed by atoms with van der Waals surface area (Å²) in [4.78, 5) is 35.7. The van der Waals surface area contributed by atoms with E-state index >= 15 is 0 Å². The average Bonchev–Trinajstić information content (AvgIpc) is 2.76. The lowest BCUT2D eigenvalue weighted by Crippen LogP contribution is -2.44. The first kappa shape index (κ1) is 32.6. The quantitative estimate of drug-likeness (QED) is 0.262. The molecular weight excluding hydrogens is 472 g/mol. The van der Waals surface area contributed by atoms with E-state index in [1.54, 1.807) is 12.1 Å². The highest BCUT2D eigenvalue weighted by atomic mass is 16.5. The van der Waals surface area contributed by atoms with Gasteiger partial charge in [0, 0.05) is 44.2 Å². The number of hydrogen-bond donors (Lipinski definition) is 2. The van der Waals surface area contributed by atoms with Crippen LogP contribution in [0.3, 0.4) is 0 Å². The van der Waals surface area contributed by atoms with Crippen LogP contribution in [0.5, 0.6) is 0 Å². The fourth-order valence-electron chi connectivity index (χ4n) is 3.80.